The van der Waals surface area contributed by atoms with Crippen LogP contribution in [0.4, 0.5) is 10.1 Å². The summed E-state index contributed by atoms with van der Waals surface area (Å²) in [4.78, 5) is 14.3. The number of halogens is 1. The molecular weight excluding hydrogens is 269 g/mol. The molecule has 116 valence electrons. The summed E-state index contributed by atoms with van der Waals surface area (Å²) in [6.45, 7) is 5.66. The van der Waals surface area contributed by atoms with Crippen LogP contribution in [0.1, 0.15) is 26.2 Å². The zero-order valence-corrected chi connectivity index (χ0v) is 12.6. The average Bonchev–Trinajstić information content (AvgIpc) is 2.49. The SMILES string of the molecule is CC(CN1CCCCC1)NCC(=O)Nc1ccc(F)cc1. The van der Waals surface area contributed by atoms with Crippen LogP contribution in [0.15, 0.2) is 24.3 Å². The number of benzene rings is 1. The van der Waals surface area contributed by atoms with E-state index in [1.54, 1.807) is 12.1 Å². The predicted octanol–water partition coefficient (Wildman–Crippen LogP) is 2.23. The topological polar surface area (TPSA) is 44.4 Å². The molecule has 1 aliphatic rings. The lowest BCUT2D eigenvalue weighted by atomic mass is 10.1. The number of likely N-dealkylation sites (tertiary alicyclic amines) is 1. The Morgan fingerprint density at radius 2 is 1.90 bits per heavy atom. The van der Waals surface area contributed by atoms with Crippen LogP contribution in [-0.4, -0.2) is 43.0 Å². The van der Waals surface area contributed by atoms with Gasteiger partial charge in [0, 0.05) is 18.3 Å². The summed E-state index contributed by atoms with van der Waals surface area (Å²) in [5, 5.41) is 5.98. The van der Waals surface area contributed by atoms with Gasteiger partial charge in [-0.05, 0) is 57.1 Å². The Morgan fingerprint density at radius 1 is 1.24 bits per heavy atom. The van der Waals surface area contributed by atoms with Crippen LogP contribution in [-0.2, 0) is 4.79 Å². The van der Waals surface area contributed by atoms with Gasteiger partial charge >= 0.3 is 0 Å². The largest absolute Gasteiger partial charge is 0.325 e. The number of anilines is 1. The molecule has 1 aromatic carbocycles. The van der Waals surface area contributed by atoms with Gasteiger partial charge in [-0.3, -0.25) is 4.79 Å². The molecule has 4 nitrogen and oxygen atoms in total. The van der Waals surface area contributed by atoms with Gasteiger partial charge in [0.25, 0.3) is 0 Å². The highest BCUT2D eigenvalue weighted by atomic mass is 19.1. The molecule has 2 rings (SSSR count). The zero-order valence-electron chi connectivity index (χ0n) is 12.6. The highest BCUT2D eigenvalue weighted by molar-refractivity contribution is 5.92. The Bertz CT molecular complexity index is 443. The Kier molecular flexibility index (Phi) is 6.14. The fraction of sp³-hybridized carbons (Fsp3) is 0.562. The first-order valence-corrected chi connectivity index (χ1v) is 7.64. The van der Waals surface area contributed by atoms with E-state index in [2.05, 4.69) is 22.5 Å². The van der Waals surface area contributed by atoms with Crippen molar-refractivity contribution in [2.75, 3.05) is 31.5 Å². The van der Waals surface area contributed by atoms with Crippen molar-refractivity contribution < 1.29 is 9.18 Å². The van der Waals surface area contributed by atoms with E-state index in [9.17, 15) is 9.18 Å². The van der Waals surface area contributed by atoms with Crippen molar-refractivity contribution in [2.45, 2.75) is 32.2 Å². The molecule has 1 saturated heterocycles. The number of nitrogens with zero attached hydrogens (tertiary/aromatic N) is 1. The molecule has 21 heavy (non-hydrogen) atoms. The minimum absolute atomic E-state index is 0.105. The van der Waals surface area contributed by atoms with Crippen LogP contribution < -0.4 is 10.6 Å². The number of amides is 1. The second kappa shape index (κ2) is 8.10. The van der Waals surface area contributed by atoms with E-state index in [0.29, 0.717) is 5.69 Å². The molecular formula is C16H24FN3O. The number of hydrogen-bond donors (Lipinski definition) is 2. The van der Waals surface area contributed by atoms with Gasteiger partial charge in [0.1, 0.15) is 5.82 Å². The third-order valence-electron chi connectivity index (χ3n) is 3.72. The Morgan fingerprint density at radius 3 is 2.57 bits per heavy atom. The summed E-state index contributed by atoms with van der Waals surface area (Å²) in [5.74, 6) is -0.409. The highest BCUT2D eigenvalue weighted by Gasteiger charge is 2.13. The summed E-state index contributed by atoms with van der Waals surface area (Å²) >= 11 is 0. The van der Waals surface area contributed by atoms with Gasteiger partial charge in [-0.25, -0.2) is 4.39 Å². The molecule has 0 aromatic heterocycles. The van der Waals surface area contributed by atoms with E-state index in [1.807, 2.05) is 0 Å². The van der Waals surface area contributed by atoms with E-state index in [1.165, 1.54) is 31.4 Å². The first-order valence-electron chi connectivity index (χ1n) is 7.64. The van der Waals surface area contributed by atoms with Crippen LogP contribution in [0, 0.1) is 5.82 Å². The molecule has 1 aromatic rings. The first kappa shape index (κ1) is 15.9. The molecule has 1 heterocycles. The summed E-state index contributed by atoms with van der Waals surface area (Å²) < 4.78 is 12.8. The molecule has 0 bridgehead atoms. The third-order valence-corrected chi connectivity index (χ3v) is 3.72. The van der Waals surface area contributed by atoms with Crippen molar-refractivity contribution in [3.8, 4) is 0 Å². The van der Waals surface area contributed by atoms with Gasteiger partial charge in [0.2, 0.25) is 5.91 Å². The Balaban J connectivity index is 1.66. The fourth-order valence-corrected chi connectivity index (χ4v) is 2.60. The third kappa shape index (κ3) is 5.81. The molecule has 1 aliphatic heterocycles. The fourth-order valence-electron chi connectivity index (χ4n) is 2.60. The van der Waals surface area contributed by atoms with Crippen LogP contribution in [0.5, 0.6) is 0 Å². The summed E-state index contributed by atoms with van der Waals surface area (Å²) in [6.07, 6.45) is 3.88. The normalized spacial score (nSPS) is 17.4. The molecule has 1 atom stereocenters. The zero-order chi connectivity index (χ0) is 15.1. The number of nitrogens with one attached hydrogen (secondary N) is 2. The quantitative estimate of drug-likeness (QED) is 0.845. The van der Waals surface area contributed by atoms with Crippen molar-refractivity contribution in [1.82, 2.24) is 10.2 Å². The first-order chi connectivity index (χ1) is 10.1. The van der Waals surface area contributed by atoms with E-state index in [0.717, 1.165) is 19.6 Å². The maximum atomic E-state index is 12.8. The second-order valence-electron chi connectivity index (χ2n) is 5.70. The molecule has 0 spiro atoms. The average molecular weight is 293 g/mol. The maximum Gasteiger partial charge on any atom is 0.238 e. The lowest BCUT2D eigenvalue weighted by molar-refractivity contribution is -0.115. The second-order valence-corrected chi connectivity index (χ2v) is 5.70. The standard InChI is InChI=1S/C16H24FN3O/c1-13(12-20-9-3-2-4-10-20)18-11-16(21)19-15-7-5-14(17)6-8-15/h5-8,13,18H,2-4,9-12H2,1H3,(H,19,21). The lowest BCUT2D eigenvalue weighted by Gasteiger charge is -2.29. The van der Waals surface area contributed by atoms with Gasteiger partial charge < -0.3 is 15.5 Å². The Hall–Kier alpha value is -1.46. The van der Waals surface area contributed by atoms with Crippen LogP contribution in [0.25, 0.3) is 0 Å². The van der Waals surface area contributed by atoms with Crippen LogP contribution in [0.2, 0.25) is 0 Å². The van der Waals surface area contributed by atoms with Gasteiger partial charge in [-0.1, -0.05) is 6.42 Å². The Labute approximate surface area is 125 Å². The summed E-state index contributed by atoms with van der Waals surface area (Å²) in [5.41, 5.74) is 0.617. The lowest BCUT2D eigenvalue weighted by Crippen LogP contribution is -2.43. The van der Waals surface area contributed by atoms with Crippen molar-refractivity contribution >= 4 is 11.6 Å². The van der Waals surface area contributed by atoms with Gasteiger partial charge in [0.05, 0.1) is 6.54 Å². The van der Waals surface area contributed by atoms with Gasteiger partial charge in [-0.15, -0.1) is 0 Å². The minimum Gasteiger partial charge on any atom is -0.325 e. The van der Waals surface area contributed by atoms with Crippen molar-refractivity contribution in [2.24, 2.45) is 0 Å². The molecule has 0 aliphatic carbocycles. The minimum atomic E-state index is -0.304. The predicted molar refractivity (Wildman–Crippen MR) is 82.8 cm³/mol. The van der Waals surface area contributed by atoms with E-state index in [4.69, 9.17) is 0 Å². The van der Waals surface area contributed by atoms with E-state index >= 15 is 0 Å². The molecule has 1 fully saturated rings. The number of rotatable bonds is 6. The monoisotopic (exact) mass is 293 g/mol. The van der Waals surface area contributed by atoms with Crippen molar-refractivity contribution in [3.63, 3.8) is 0 Å². The molecule has 0 radical (unpaired) electrons. The van der Waals surface area contributed by atoms with Crippen LogP contribution >= 0.6 is 0 Å². The summed E-state index contributed by atoms with van der Waals surface area (Å²) in [7, 11) is 0. The molecule has 5 heteroatoms. The summed E-state index contributed by atoms with van der Waals surface area (Å²) in [6, 6.07) is 6.07. The number of piperidine rings is 1. The van der Waals surface area contributed by atoms with E-state index < -0.39 is 0 Å². The van der Waals surface area contributed by atoms with Crippen molar-refractivity contribution in [1.29, 1.82) is 0 Å². The van der Waals surface area contributed by atoms with Gasteiger partial charge in [0.15, 0.2) is 0 Å². The maximum absolute atomic E-state index is 12.8. The number of carbonyl (C=O) groups is 1. The number of carbonyl (C=O) groups excluding carboxylic acids is 1. The smallest absolute Gasteiger partial charge is 0.238 e. The number of hydrogen-bond acceptors (Lipinski definition) is 3. The molecule has 2 N–H and O–H groups in total. The van der Waals surface area contributed by atoms with Crippen LogP contribution in [0.3, 0.4) is 0 Å². The molecule has 0 saturated carbocycles. The van der Waals surface area contributed by atoms with E-state index in [-0.39, 0.29) is 24.3 Å². The molecule has 1 amide bonds. The van der Waals surface area contributed by atoms with Gasteiger partial charge in [-0.2, -0.15) is 0 Å². The molecule has 1 unspecified atom stereocenters. The highest BCUT2D eigenvalue weighted by Crippen LogP contribution is 2.09. The van der Waals surface area contributed by atoms with Crippen molar-refractivity contribution in [3.05, 3.63) is 30.1 Å².